The number of ketones is 1. The lowest BCUT2D eigenvalue weighted by molar-refractivity contribution is -0.137. The van der Waals surface area contributed by atoms with Gasteiger partial charge >= 0.3 is 6.18 Å². The number of carbonyl (C=O) groups is 1. The van der Waals surface area contributed by atoms with Crippen LogP contribution in [0.5, 0.6) is 0 Å². The predicted molar refractivity (Wildman–Crippen MR) is 74.4 cm³/mol. The Bertz CT molecular complexity index is 658. The molecule has 108 valence electrons. The normalized spacial score (nSPS) is 12.2. The standard InChI is InChI=1S/C16H12F3NO/c17-16(18,19)13-8-6-11(7-9-13)14(20)10-15(21)12-4-2-1-3-5-12/h1-10H,20H2/b14-10-. The maximum atomic E-state index is 12.5. The number of carbonyl (C=O) groups excluding carboxylic acids is 1. The molecule has 5 heteroatoms. The van der Waals surface area contributed by atoms with Crippen molar-refractivity contribution in [1.29, 1.82) is 0 Å². The highest BCUT2D eigenvalue weighted by molar-refractivity contribution is 6.08. The molecule has 2 aromatic rings. The van der Waals surface area contributed by atoms with Crippen LogP contribution in [0.25, 0.3) is 5.70 Å². The molecule has 2 rings (SSSR count). The van der Waals surface area contributed by atoms with Crippen LogP contribution in [-0.2, 0) is 6.18 Å². The predicted octanol–water partition coefficient (Wildman–Crippen LogP) is 3.89. The topological polar surface area (TPSA) is 43.1 Å². The van der Waals surface area contributed by atoms with Gasteiger partial charge in [-0.1, -0.05) is 42.5 Å². The van der Waals surface area contributed by atoms with Gasteiger partial charge in [-0.15, -0.1) is 0 Å². The Balaban J connectivity index is 2.22. The van der Waals surface area contributed by atoms with Crippen molar-refractivity contribution < 1.29 is 18.0 Å². The van der Waals surface area contributed by atoms with Gasteiger partial charge in [-0.05, 0) is 17.7 Å². The number of hydrogen-bond acceptors (Lipinski definition) is 2. The molecular weight excluding hydrogens is 279 g/mol. The summed E-state index contributed by atoms with van der Waals surface area (Å²) in [6.07, 6.45) is -3.19. The molecule has 0 atom stereocenters. The van der Waals surface area contributed by atoms with Crippen molar-refractivity contribution in [2.45, 2.75) is 6.18 Å². The van der Waals surface area contributed by atoms with E-state index < -0.39 is 11.7 Å². The van der Waals surface area contributed by atoms with Crippen molar-refractivity contribution in [2.75, 3.05) is 0 Å². The van der Waals surface area contributed by atoms with E-state index in [-0.39, 0.29) is 11.5 Å². The number of nitrogens with two attached hydrogens (primary N) is 1. The Labute approximate surface area is 119 Å². The molecule has 0 aliphatic rings. The summed E-state index contributed by atoms with van der Waals surface area (Å²) in [6.45, 7) is 0. The van der Waals surface area contributed by atoms with Crippen LogP contribution in [0.15, 0.2) is 60.7 Å². The molecule has 0 unspecified atom stereocenters. The molecule has 0 heterocycles. The van der Waals surface area contributed by atoms with Gasteiger partial charge in [-0.25, -0.2) is 0 Å². The van der Waals surface area contributed by atoms with E-state index in [2.05, 4.69) is 0 Å². The second kappa shape index (κ2) is 5.83. The quantitative estimate of drug-likeness (QED) is 0.688. The summed E-state index contributed by atoms with van der Waals surface area (Å²) < 4.78 is 37.4. The third-order valence-electron chi connectivity index (χ3n) is 2.89. The Morgan fingerprint density at radius 3 is 2.00 bits per heavy atom. The van der Waals surface area contributed by atoms with Gasteiger partial charge in [-0.3, -0.25) is 4.79 Å². The Morgan fingerprint density at radius 2 is 1.48 bits per heavy atom. The Morgan fingerprint density at radius 1 is 0.905 bits per heavy atom. The molecule has 2 aromatic carbocycles. The van der Waals surface area contributed by atoms with E-state index in [1.165, 1.54) is 18.2 Å². The molecule has 0 bridgehead atoms. The zero-order chi connectivity index (χ0) is 15.5. The molecule has 0 amide bonds. The second-order valence-electron chi connectivity index (χ2n) is 4.41. The lowest BCUT2D eigenvalue weighted by Gasteiger charge is -2.07. The molecule has 0 aliphatic carbocycles. The van der Waals surface area contributed by atoms with Gasteiger partial charge in [0, 0.05) is 17.3 Å². The summed E-state index contributed by atoms with van der Waals surface area (Å²) in [7, 11) is 0. The number of alkyl halides is 3. The number of benzene rings is 2. The minimum atomic E-state index is -4.39. The Hall–Kier alpha value is -2.56. The van der Waals surface area contributed by atoms with Crippen molar-refractivity contribution in [1.82, 2.24) is 0 Å². The van der Waals surface area contributed by atoms with Crippen molar-refractivity contribution >= 4 is 11.5 Å². The maximum absolute atomic E-state index is 12.5. The summed E-state index contributed by atoms with van der Waals surface area (Å²) in [5.74, 6) is -0.298. The zero-order valence-electron chi connectivity index (χ0n) is 10.9. The molecule has 0 fully saturated rings. The first kappa shape index (κ1) is 14.8. The first-order chi connectivity index (χ1) is 9.88. The van der Waals surface area contributed by atoms with Crippen LogP contribution in [0.4, 0.5) is 13.2 Å². The average molecular weight is 291 g/mol. The first-order valence-electron chi connectivity index (χ1n) is 6.12. The lowest BCUT2D eigenvalue weighted by atomic mass is 10.1. The molecule has 0 radical (unpaired) electrons. The second-order valence-corrected chi connectivity index (χ2v) is 4.41. The van der Waals surface area contributed by atoms with Crippen LogP contribution in [0.3, 0.4) is 0 Å². The van der Waals surface area contributed by atoms with Crippen LogP contribution >= 0.6 is 0 Å². The fraction of sp³-hybridized carbons (Fsp3) is 0.0625. The third kappa shape index (κ3) is 3.72. The SMILES string of the molecule is N/C(=C\C(=O)c1ccccc1)c1ccc(C(F)(F)F)cc1. The highest BCUT2D eigenvalue weighted by Crippen LogP contribution is 2.29. The summed E-state index contributed by atoms with van der Waals surface area (Å²) in [5.41, 5.74) is 5.95. The van der Waals surface area contributed by atoms with E-state index in [0.717, 1.165) is 12.1 Å². The van der Waals surface area contributed by atoms with Gasteiger partial charge in [0.1, 0.15) is 0 Å². The summed E-state index contributed by atoms with van der Waals surface area (Å²) >= 11 is 0. The maximum Gasteiger partial charge on any atom is 0.416 e. The van der Waals surface area contributed by atoms with E-state index in [9.17, 15) is 18.0 Å². The van der Waals surface area contributed by atoms with Crippen molar-refractivity contribution in [2.24, 2.45) is 5.73 Å². The molecule has 0 spiro atoms. The Kier molecular flexibility index (Phi) is 4.12. The van der Waals surface area contributed by atoms with Gasteiger partial charge in [0.15, 0.2) is 5.78 Å². The molecular formula is C16H12F3NO. The van der Waals surface area contributed by atoms with E-state index >= 15 is 0 Å². The smallest absolute Gasteiger partial charge is 0.398 e. The van der Waals surface area contributed by atoms with Gasteiger partial charge in [0.25, 0.3) is 0 Å². The number of allylic oxidation sites excluding steroid dienone is 1. The van der Waals surface area contributed by atoms with Crippen LogP contribution in [-0.4, -0.2) is 5.78 Å². The minimum absolute atomic E-state index is 0.123. The van der Waals surface area contributed by atoms with Gasteiger partial charge in [-0.2, -0.15) is 13.2 Å². The fourth-order valence-corrected chi connectivity index (χ4v) is 1.76. The molecule has 21 heavy (non-hydrogen) atoms. The van der Waals surface area contributed by atoms with Gasteiger partial charge in [0.05, 0.1) is 5.56 Å². The molecule has 0 aromatic heterocycles. The van der Waals surface area contributed by atoms with Crippen LogP contribution in [0.2, 0.25) is 0 Å². The summed E-state index contributed by atoms with van der Waals surface area (Å²) in [4.78, 5) is 11.9. The van der Waals surface area contributed by atoms with Crippen molar-refractivity contribution in [3.05, 3.63) is 77.4 Å². The lowest BCUT2D eigenvalue weighted by Crippen LogP contribution is -2.06. The first-order valence-corrected chi connectivity index (χ1v) is 6.12. The van der Waals surface area contributed by atoms with Gasteiger partial charge < -0.3 is 5.73 Å². The van der Waals surface area contributed by atoms with E-state index in [0.29, 0.717) is 11.1 Å². The monoisotopic (exact) mass is 291 g/mol. The van der Waals surface area contributed by atoms with Crippen LogP contribution in [0, 0.1) is 0 Å². The highest BCUT2D eigenvalue weighted by Gasteiger charge is 2.29. The number of halogens is 3. The van der Waals surface area contributed by atoms with E-state index in [1.54, 1.807) is 30.3 Å². The summed E-state index contributed by atoms with van der Waals surface area (Å²) in [6, 6.07) is 12.8. The van der Waals surface area contributed by atoms with E-state index in [1.807, 2.05) is 0 Å². The molecule has 0 aliphatic heterocycles. The third-order valence-corrected chi connectivity index (χ3v) is 2.89. The largest absolute Gasteiger partial charge is 0.416 e. The van der Waals surface area contributed by atoms with Gasteiger partial charge in [0.2, 0.25) is 0 Å². The number of hydrogen-bond donors (Lipinski definition) is 1. The molecule has 0 saturated carbocycles. The average Bonchev–Trinajstić information content (AvgIpc) is 2.47. The molecule has 0 saturated heterocycles. The van der Waals surface area contributed by atoms with Crippen LogP contribution in [0.1, 0.15) is 21.5 Å². The summed E-state index contributed by atoms with van der Waals surface area (Å²) in [5, 5.41) is 0. The molecule has 2 N–H and O–H groups in total. The van der Waals surface area contributed by atoms with Crippen molar-refractivity contribution in [3.8, 4) is 0 Å². The fourth-order valence-electron chi connectivity index (χ4n) is 1.76. The van der Waals surface area contributed by atoms with Crippen LogP contribution < -0.4 is 5.73 Å². The van der Waals surface area contributed by atoms with E-state index in [4.69, 9.17) is 5.73 Å². The molecule has 2 nitrogen and oxygen atoms in total. The number of rotatable bonds is 3. The zero-order valence-corrected chi connectivity index (χ0v) is 10.9. The highest BCUT2D eigenvalue weighted by atomic mass is 19.4. The van der Waals surface area contributed by atoms with Crippen molar-refractivity contribution in [3.63, 3.8) is 0 Å². The minimum Gasteiger partial charge on any atom is -0.398 e.